The van der Waals surface area contributed by atoms with E-state index in [1.807, 2.05) is 12.1 Å². The molecule has 0 saturated heterocycles. The Morgan fingerprint density at radius 1 is 1.21 bits per heavy atom. The average molecular weight is 294 g/mol. The van der Waals surface area contributed by atoms with Gasteiger partial charge in [-0.1, -0.05) is 57.7 Å². The standard InChI is InChI=1S/C11H11BrCl2/c12-9-5-1-3-7(9)8-4-2-6-10(13)11(8)14/h2,4,6-7,9H,1,3,5H2. The first-order valence-corrected chi connectivity index (χ1v) is 6.45. The Hall–Kier alpha value is 0.280. The Balaban J connectivity index is 2.36. The van der Waals surface area contributed by atoms with Gasteiger partial charge in [0.25, 0.3) is 0 Å². The van der Waals surface area contributed by atoms with Crippen LogP contribution in [0.3, 0.4) is 0 Å². The lowest BCUT2D eigenvalue weighted by Gasteiger charge is -2.16. The summed E-state index contributed by atoms with van der Waals surface area (Å²) >= 11 is 15.9. The van der Waals surface area contributed by atoms with Gasteiger partial charge < -0.3 is 0 Å². The molecule has 1 fully saturated rings. The monoisotopic (exact) mass is 292 g/mol. The van der Waals surface area contributed by atoms with Crippen molar-refractivity contribution in [3.05, 3.63) is 33.8 Å². The van der Waals surface area contributed by atoms with Crippen LogP contribution in [-0.2, 0) is 0 Å². The number of halogens is 3. The number of benzene rings is 1. The molecular formula is C11H11BrCl2. The molecule has 0 radical (unpaired) electrons. The van der Waals surface area contributed by atoms with E-state index in [0.717, 1.165) is 5.02 Å². The maximum Gasteiger partial charge on any atom is 0.0627 e. The SMILES string of the molecule is Clc1cccc(C2CCCC2Br)c1Cl. The minimum absolute atomic E-state index is 0.529. The van der Waals surface area contributed by atoms with Gasteiger partial charge in [0.1, 0.15) is 0 Å². The minimum Gasteiger partial charge on any atom is -0.0884 e. The highest BCUT2D eigenvalue weighted by atomic mass is 79.9. The van der Waals surface area contributed by atoms with Gasteiger partial charge in [0.15, 0.2) is 0 Å². The quantitative estimate of drug-likeness (QED) is 0.638. The van der Waals surface area contributed by atoms with Crippen LogP contribution in [0.4, 0.5) is 0 Å². The lowest BCUT2D eigenvalue weighted by atomic mass is 9.98. The van der Waals surface area contributed by atoms with E-state index in [2.05, 4.69) is 22.0 Å². The van der Waals surface area contributed by atoms with E-state index in [9.17, 15) is 0 Å². The molecule has 0 nitrogen and oxygen atoms in total. The van der Waals surface area contributed by atoms with Crippen molar-refractivity contribution in [2.75, 3.05) is 0 Å². The van der Waals surface area contributed by atoms with Crippen molar-refractivity contribution in [2.24, 2.45) is 0 Å². The second-order valence-electron chi connectivity index (χ2n) is 3.70. The third-order valence-corrected chi connectivity index (χ3v) is 4.74. The predicted octanol–water partition coefficient (Wildman–Crippen LogP) is 5.02. The molecule has 2 rings (SSSR count). The Morgan fingerprint density at radius 2 is 2.00 bits per heavy atom. The van der Waals surface area contributed by atoms with Crippen molar-refractivity contribution >= 4 is 39.1 Å². The topological polar surface area (TPSA) is 0 Å². The highest BCUT2D eigenvalue weighted by Crippen LogP contribution is 2.43. The van der Waals surface area contributed by atoms with Crippen LogP contribution in [-0.4, -0.2) is 4.83 Å². The number of rotatable bonds is 1. The third-order valence-electron chi connectivity index (χ3n) is 2.81. The molecule has 1 aromatic rings. The molecule has 0 bridgehead atoms. The normalized spacial score (nSPS) is 26.8. The Bertz CT molecular complexity index is 338. The Kier molecular flexibility index (Phi) is 3.41. The zero-order valence-corrected chi connectivity index (χ0v) is 10.7. The molecule has 14 heavy (non-hydrogen) atoms. The van der Waals surface area contributed by atoms with E-state index in [1.165, 1.54) is 24.8 Å². The maximum atomic E-state index is 6.19. The van der Waals surface area contributed by atoms with Crippen molar-refractivity contribution < 1.29 is 0 Å². The zero-order chi connectivity index (χ0) is 10.1. The average Bonchev–Trinajstić information content (AvgIpc) is 2.57. The predicted molar refractivity (Wildman–Crippen MR) is 65.8 cm³/mol. The summed E-state index contributed by atoms with van der Waals surface area (Å²) in [5, 5.41) is 1.39. The summed E-state index contributed by atoms with van der Waals surface area (Å²) in [6, 6.07) is 5.89. The van der Waals surface area contributed by atoms with Crippen molar-refractivity contribution in [1.82, 2.24) is 0 Å². The van der Waals surface area contributed by atoms with Gasteiger partial charge in [-0.25, -0.2) is 0 Å². The van der Waals surface area contributed by atoms with Crippen LogP contribution in [0.5, 0.6) is 0 Å². The molecule has 3 heteroatoms. The lowest BCUT2D eigenvalue weighted by Crippen LogP contribution is -2.04. The summed E-state index contributed by atoms with van der Waals surface area (Å²) < 4.78 is 0. The van der Waals surface area contributed by atoms with E-state index in [0.29, 0.717) is 15.8 Å². The first kappa shape index (κ1) is 10.8. The van der Waals surface area contributed by atoms with Crippen LogP contribution in [0, 0.1) is 0 Å². The first-order chi connectivity index (χ1) is 6.70. The molecule has 0 heterocycles. The van der Waals surface area contributed by atoms with Gasteiger partial charge in [0.2, 0.25) is 0 Å². The summed E-state index contributed by atoms with van der Waals surface area (Å²) in [5.74, 6) is 0.529. The smallest absolute Gasteiger partial charge is 0.0627 e. The van der Waals surface area contributed by atoms with Crippen LogP contribution in [0.2, 0.25) is 10.0 Å². The molecule has 1 aliphatic carbocycles. The molecule has 1 aromatic carbocycles. The molecule has 0 spiro atoms. The third kappa shape index (κ3) is 1.95. The molecule has 76 valence electrons. The van der Waals surface area contributed by atoms with Gasteiger partial charge in [0.05, 0.1) is 10.0 Å². The minimum atomic E-state index is 0.529. The molecule has 2 atom stereocenters. The van der Waals surface area contributed by atoms with Gasteiger partial charge in [-0.05, 0) is 30.4 Å². The van der Waals surface area contributed by atoms with Gasteiger partial charge in [-0.2, -0.15) is 0 Å². The molecule has 0 N–H and O–H groups in total. The highest BCUT2D eigenvalue weighted by molar-refractivity contribution is 9.09. The summed E-state index contributed by atoms with van der Waals surface area (Å²) in [4.78, 5) is 0.554. The van der Waals surface area contributed by atoms with Crippen molar-refractivity contribution in [1.29, 1.82) is 0 Å². The van der Waals surface area contributed by atoms with Gasteiger partial charge in [-0.3, -0.25) is 0 Å². The fraction of sp³-hybridized carbons (Fsp3) is 0.455. The van der Waals surface area contributed by atoms with E-state index < -0.39 is 0 Å². The molecule has 2 unspecified atom stereocenters. The summed E-state index contributed by atoms with van der Waals surface area (Å²) in [5.41, 5.74) is 1.19. The zero-order valence-electron chi connectivity index (χ0n) is 7.64. The van der Waals surface area contributed by atoms with Crippen molar-refractivity contribution in [3.8, 4) is 0 Å². The summed E-state index contributed by atoms with van der Waals surface area (Å²) in [6.07, 6.45) is 3.70. The Morgan fingerprint density at radius 3 is 2.64 bits per heavy atom. The van der Waals surface area contributed by atoms with Crippen LogP contribution in [0.15, 0.2) is 18.2 Å². The number of hydrogen-bond acceptors (Lipinski definition) is 0. The molecular weight excluding hydrogens is 283 g/mol. The largest absolute Gasteiger partial charge is 0.0884 e. The summed E-state index contributed by atoms with van der Waals surface area (Å²) in [7, 11) is 0. The van der Waals surface area contributed by atoms with Crippen molar-refractivity contribution in [2.45, 2.75) is 30.0 Å². The fourth-order valence-corrected chi connectivity index (χ4v) is 3.39. The molecule has 0 aliphatic heterocycles. The molecule has 1 aliphatic rings. The van der Waals surface area contributed by atoms with Gasteiger partial charge >= 0.3 is 0 Å². The van der Waals surface area contributed by atoms with Gasteiger partial charge in [-0.15, -0.1) is 0 Å². The van der Waals surface area contributed by atoms with Gasteiger partial charge in [0, 0.05) is 4.83 Å². The van der Waals surface area contributed by atoms with Crippen LogP contribution in [0.25, 0.3) is 0 Å². The number of alkyl halides is 1. The highest BCUT2D eigenvalue weighted by Gasteiger charge is 2.28. The van der Waals surface area contributed by atoms with Crippen LogP contribution >= 0.6 is 39.1 Å². The lowest BCUT2D eigenvalue weighted by molar-refractivity contribution is 0.743. The van der Waals surface area contributed by atoms with E-state index in [4.69, 9.17) is 23.2 Å². The molecule has 1 saturated carbocycles. The van der Waals surface area contributed by atoms with E-state index in [-0.39, 0.29) is 0 Å². The molecule has 0 amide bonds. The number of hydrogen-bond donors (Lipinski definition) is 0. The maximum absolute atomic E-state index is 6.19. The fourth-order valence-electron chi connectivity index (χ4n) is 2.07. The second-order valence-corrected chi connectivity index (χ2v) is 5.66. The van der Waals surface area contributed by atoms with Crippen LogP contribution in [0.1, 0.15) is 30.7 Å². The van der Waals surface area contributed by atoms with E-state index >= 15 is 0 Å². The molecule has 0 aromatic heterocycles. The van der Waals surface area contributed by atoms with Crippen LogP contribution < -0.4 is 0 Å². The second kappa shape index (κ2) is 4.42. The first-order valence-electron chi connectivity index (χ1n) is 4.78. The Labute approximate surface area is 103 Å². The van der Waals surface area contributed by atoms with Crippen molar-refractivity contribution in [3.63, 3.8) is 0 Å². The summed E-state index contributed by atoms with van der Waals surface area (Å²) in [6.45, 7) is 0. The van der Waals surface area contributed by atoms with E-state index in [1.54, 1.807) is 0 Å².